The molecular weight excluding hydrogens is 202 g/mol. The van der Waals surface area contributed by atoms with Crippen molar-refractivity contribution in [3.05, 3.63) is 0 Å². The quantitative estimate of drug-likeness (QED) is 0.682. The van der Waals surface area contributed by atoms with E-state index < -0.39 is 20.5 Å². The highest BCUT2D eigenvalue weighted by Gasteiger charge is 2.41. The maximum absolute atomic E-state index is 10.9. The first-order chi connectivity index (χ1) is 6.45. The third-order valence-corrected chi connectivity index (χ3v) is 5.17. The summed E-state index contributed by atoms with van der Waals surface area (Å²) in [5, 5.41) is 0. The Kier molecular flexibility index (Phi) is 5.40. The minimum atomic E-state index is -2.72. The summed E-state index contributed by atoms with van der Waals surface area (Å²) < 4.78 is 10.2. The van der Waals surface area contributed by atoms with Gasteiger partial charge in [-0.2, -0.15) is 0 Å². The molecule has 0 aromatic heterocycles. The molecule has 0 aliphatic rings. The molecule has 0 unspecified atom stereocenters. The average molecular weight is 219 g/mol. The van der Waals surface area contributed by atoms with Crippen LogP contribution in [0.2, 0.25) is 12.1 Å². The van der Waals surface area contributed by atoms with Gasteiger partial charge in [0, 0.05) is 25.9 Å². The zero-order chi connectivity index (χ0) is 11.2. The van der Waals surface area contributed by atoms with Crippen molar-refractivity contribution in [3.8, 4) is 0 Å². The van der Waals surface area contributed by atoms with Crippen molar-refractivity contribution >= 4 is 20.5 Å². The van der Waals surface area contributed by atoms with Gasteiger partial charge in [-0.25, -0.2) is 0 Å². The highest BCUT2D eigenvalue weighted by atomic mass is 28.4. The van der Waals surface area contributed by atoms with Crippen LogP contribution in [0.15, 0.2) is 0 Å². The lowest BCUT2D eigenvalue weighted by Crippen LogP contribution is -2.45. The molecule has 0 heterocycles. The molecule has 0 aromatic carbocycles. The Morgan fingerprint density at radius 2 is 1.64 bits per heavy atom. The van der Waals surface area contributed by atoms with Crippen molar-refractivity contribution in [2.45, 2.75) is 32.9 Å². The van der Waals surface area contributed by atoms with Crippen LogP contribution in [0.25, 0.3) is 0 Å². The summed E-state index contributed by atoms with van der Waals surface area (Å²) in [5.74, 6) is -0.846. The Balaban J connectivity index is 4.58. The lowest BCUT2D eigenvalue weighted by molar-refractivity contribution is -0.139. The summed E-state index contributed by atoms with van der Waals surface area (Å²) in [6.07, 6.45) is 0. The summed E-state index contributed by atoms with van der Waals surface area (Å²) in [4.78, 5) is 21.7. The van der Waals surface area contributed by atoms with Crippen LogP contribution in [-0.2, 0) is 18.4 Å². The summed E-state index contributed by atoms with van der Waals surface area (Å²) in [7, 11) is -2.72. The SMILES string of the molecule is CC[Si](CCN)(OC(C)=O)OC(C)=O. The number of carbonyl (C=O) groups excluding carboxylic acids is 2. The van der Waals surface area contributed by atoms with Crippen LogP contribution in [0.4, 0.5) is 0 Å². The molecule has 0 atom stereocenters. The molecular formula is C8H17NO4Si. The number of hydrogen-bond acceptors (Lipinski definition) is 5. The predicted octanol–water partition coefficient (Wildman–Crippen LogP) is 0.533. The lowest BCUT2D eigenvalue weighted by atomic mass is 10.8. The van der Waals surface area contributed by atoms with Crippen LogP contribution in [0.5, 0.6) is 0 Å². The van der Waals surface area contributed by atoms with Gasteiger partial charge in [-0.3, -0.25) is 9.59 Å². The highest BCUT2D eigenvalue weighted by Crippen LogP contribution is 2.18. The van der Waals surface area contributed by atoms with Gasteiger partial charge in [-0.15, -0.1) is 0 Å². The molecule has 0 aliphatic carbocycles. The smallest absolute Gasteiger partial charge is 0.465 e. The normalized spacial score (nSPS) is 10.9. The Labute approximate surface area is 84.8 Å². The molecule has 0 radical (unpaired) electrons. The Morgan fingerprint density at radius 3 is 1.86 bits per heavy atom. The van der Waals surface area contributed by atoms with Gasteiger partial charge in [0.15, 0.2) is 0 Å². The predicted molar refractivity (Wildman–Crippen MR) is 53.6 cm³/mol. The van der Waals surface area contributed by atoms with E-state index in [9.17, 15) is 9.59 Å². The van der Waals surface area contributed by atoms with Gasteiger partial charge in [0.25, 0.3) is 11.9 Å². The van der Waals surface area contributed by atoms with E-state index in [1.807, 2.05) is 6.92 Å². The minimum Gasteiger partial charge on any atom is -0.485 e. The lowest BCUT2D eigenvalue weighted by Gasteiger charge is -2.27. The molecule has 0 saturated carbocycles. The van der Waals surface area contributed by atoms with Crippen molar-refractivity contribution < 1.29 is 18.4 Å². The molecule has 82 valence electrons. The molecule has 0 saturated heterocycles. The van der Waals surface area contributed by atoms with Gasteiger partial charge >= 0.3 is 8.56 Å². The maximum Gasteiger partial charge on any atom is 0.465 e. The molecule has 5 nitrogen and oxygen atoms in total. The number of rotatable bonds is 5. The zero-order valence-electron chi connectivity index (χ0n) is 8.83. The van der Waals surface area contributed by atoms with E-state index >= 15 is 0 Å². The highest BCUT2D eigenvalue weighted by molar-refractivity contribution is 6.70. The van der Waals surface area contributed by atoms with E-state index in [0.717, 1.165) is 0 Å². The standard InChI is InChI=1S/C8H17NO4Si/c1-4-14(6-5-9,12-7(2)10)13-8(3)11/h4-6,9H2,1-3H3. The van der Waals surface area contributed by atoms with Gasteiger partial charge in [0.2, 0.25) is 0 Å². The molecule has 0 aliphatic heterocycles. The van der Waals surface area contributed by atoms with E-state index in [1.165, 1.54) is 13.8 Å². The van der Waals surface area contributed by atoms with Crippen LogP contribution in [-0.4, -0.2) is 27.0 Å². The van der Waals surface area contributed by atoms with Crippen molar-refractivity contribution in [2.24, 2.45) is 5.73 Å². The van der Waals surface area contributed by atoms with Crippen molar-refractivity contribution in [1.82, 2.24) is 0 Å². The zero-order valence-corrected chi connectivity index (χ0v) is 9.83. The second kappa shape index (κ2) is 5.76. The van der Waals surface area contributed by atoms with Crippen LogP contribution in [0, 0.1) is 0 Å². The van der Waals surface area contributed by atoms with E-state index in [-0.39, 0.29) is 0 Å². The molecule has 0 rings (SSSR count). The second-order valence-electron chi connectivity index (χ2n) is 2.99. The first kappa shape index (κ1) is 13.1. The first-order valence-electron chi connectivity index (χ1n) is 4.55. The monoisotopic (exact) mass is 219 g/mol. The Bertz CT molecular complexity index is 203. The third-order valence-electron chi connectivity index (χ3n) is 1.72. The van der Waals surface area contributed by atoms with Gasteiger partial charge in [-0.1, -0.05) is 6.92 Å². The van der Waals surface area contributed by atoms with Gasteiger partial charge in [-0.05, 0) is 6.54 Å². The molecule has 14 heavy (non-hydrogen) atoms. The minimum absolute atomic E-state index is 0.348. The first-order valence-corrected chi connectivity index (χ1v) is 6.78. The fourth-order valence-electron chi connectivity index (χ4n) is 1.19. The largest absolute Gasteiger partial charge is 0.485 e. The fraction of sp³-hybridized carbons (Fsp3) is 0.750. The maximum atomic E-state index is 10.9. The van der Waals surface area contributed by atoms with Gasteiger partial charge in [0.1, 0.15) is 0 Å². The molecule has 6 heteroatoms. The number of hydrogen-bond donors (Lipinski definition) is 1. The second-order valence-corrected chi connectivity index (χ2v) is 6.43. The molecule has 0 fully saturated rings. The van der Waals surface area contributed by atoms with Crippen LogP contribution >= 0.6 is 0 Å². The van der Waals surface area contributed by atoms with Crippen LogP contribution in [0.3, 0.4) is 0 Å². The van der Waals surface area contributed by atoms with E-state index in [0.29, 0.717) is 18.6 Å². The van der Waals surface area contributed by atoms with E-state index in [2.05, 4.69) is 0 Å². The molecule has 0 amide bonds. The van der Waals surface area contributed by atoms with Crippen LogP contribution < -0.4 is 5.73 Å². The summed E-state index contributed by atoms with van der Waals surface area (Å²) in [5.41, 5.74) is 5.39. The van der Waals surface area contributed by atoms with E-state index in [4.69, 9.17) is 14.6 Å². The fourth-order valence-corrected chi connectivity index (χ4v) is 3.56. The molecule has 2 N–H and O–H groups in total. The van der Waals surface area contributed by atoms with Gasteiger partial charge < -0.3 is 14.6 Å². The van der Waals surface area contributed by atoms with Crippen molar-refractivity contribution in [2.75, 3.05) is 6.54 Å². The Hall–Kier alpha value is -0.883. The summed E-state index contributed by atoms with van der Waals surface area (Å²) in [6, 6.07) is 0.978. The summed E-state index contributed by atoms with van der Waals surface area (Å²) >= 11 is 0. The van der Waals surface area contributed by atoms with Crippen molar-refractivity contribution in [1.29, 1.82) is 0 Å². The third kappa shape index (κ3) is 4.38. The van der Waals surface area contributed by atoms with Crippen LogP contribution in [0.1, 0.15) is 20.8 Å². The Morgan fingerprint density at radius 1 is 1.21 bits per heavy atom. The molecule has 0 bridgehead atoms. The van der Waals surface area contributed by atoms with E-state index in [1.54, 1.807) is 0 Å². The number of nitrogens with two attached hydrogens (primary N) is 1. The average Bonchev–Trinajstić information content (AvgIpc) is 2.02. The molecule has 0 spiro atoms. The summed E-state index contributed by atoms with van der Waals surface area (Å²) in [6.45, 7) is 4.78. The number of carbonyl (C=O) groups is 2. The van der Waals surface area contributed by atoms with Crippen molar-refractivity contribution in [3.63, 3.8) is 0 Å². The van der Waals surface area contributed by atoms with Gasteiger partial charge in [0.05, 0.1) is 0 Å². The molecule has 0 aromatic rings. The topological polar surface area (TPSA) is 78.6 Å².